The first-order valence-corrected chi connectivity index (χ1v) is 9.10. The van der Waals surface area contributed by atoms with Crippen LogP contribution in [0.15, 0.2) is 54.9 Å². The molecule has 1 aliphatic carbocycles. The van der Waals surface area contributed by atoms with Crippen LogP contribution in [0.5, 0.6) is 17.2 Å². The van der Waals surface area contributed by atoms with Gasteiger partial charge in [-0.3, -0.25) is 4.98 Å². The van der Waals surface area contributed by atoms with E-state index >= 15 is 0 Å². The lowest BCUT2D eigenvalue weighted by Gasteiger charge is -2.13. The number of hydrogen-bond acceptors (Lipinski definition) is 4. The Balaban J connectivity index is 1.25. The molecule has 5 rings (SSSR count). The van der Waals surface area contributed by atoms with Gasteiger partial charge in [-0.25, -0.2) is 18.0 Å². The Bertz CT molecular complexity index is 1140. The second kappa shape index (κ2) is 6.94. The third-order valence-corrected chi connectivity index (χ3v) is 5.00. The molecule has 0 bridgehead atoms. The molecule has 1 saturated carbocycles. The summed E-state index contributed by atoms with van der Waals surface area (Å²) >= 11 is 0. The first-order valence-electron chi connectivity index (χ1n) is 9.10. The van der Waals surface area contributed by atoms with Gasteiger partial charge in [-0.05, 0) is 30.3 Å². The quantitative estimate of drug-likeness (QED) is 0.625. The van der Waals surface area contributed by atoms with Crippen LogP contribution >= 0.6 is 0 Å². The van der Waals surface area contributed by atoms with E-state index in [1.54, 1.807) is 36.7 Å². The van der Waals surface area contributed by atoms with E-state index in [2.05, 4.69) is 15.6 Å². The van der Waals surface area contributed by atoms with Gasteiger partial charge in [0.1, 0.15) is 29.2 Å². The zero-order valence-corrected chi connectivity index (χ0v) is 15.2. The number of hydrogen-bond donors (Lipinski definition) is 2. The number of carbonyl (C=O) groups excluding carboxylic acids is 1. The van der Waals surface area contributed by atoms with Gasteiger partial charge in [0.25, 0.3) is 0 Å². The van der Waals surface area contributed by atoms with Crippen LogP contribution in [-0.2, 0) is 0 Å². The molecule has 0 spiro atoms. The molecule has 152 valence electrons. The van der Waals surface area contributed by atoms with Crippen LogP contribution in [0.1, 0.15) is 11.5 Å². The summed E-state index contributed by atoms with van der Waals surface area (Å²) in [4.78, 5) is 16.1. The summed E-state index contributed by atoms with van der Waals surface area (Å²) in [7, 11) is 0. The Kier molecular flexibility index (Phi) is 4.23. The molecule has 1 fully saturated rings. The van der Waals surface area contributed by atoms with Gasteiger partial charge in [-0.15, -0.1) is 0 Å². The SMILES string of the molecule is O=C(Nc1cc(F)c(F)cc1F)N[C@@H]1[C@H]2Oc3ccc(Oc4ccncc4)cc3[C@@H]12. The Morgan fingerprint density at radius 1 is 0.967 bits per heavy atom. The zero-order chi connectivity index (χ0) is 20.8. The van der Waals surface area contributed by atoms with Gasteiger partial charge in [0.2, 0.25) is 0 Å². The molecule has 0 unspecified atom stereocenters. The lowest BCUT2D eigenvalue weighted by Crippen LogP contribution is -2.34. The highest BCUT2D eigenvalue weighted by Crippen LogP contribution is 2.54. The van der Waals surface area contributed by atoms with Gasteiger partial charge in [-0.1, -0.05) is 0 Å². The molecule has 3 atom stereocenters. The highest BCUT2D eigenvalue weighted by molar-refractivity contribution is 5.90. The van der Waals surface area contributed by atoms with Crippen molar-refractivity contribution in [1.82, 2.24) is 10.3 Å². The number of urea groups is 1. The summed E-state index contributed by atoms with van der Waals surface area (Å²) in [5, 5.41) is 4.86. The molecule has 2 aromatic carbocycles. The highest BCUT2D eigenvalue weighted by Gasteiger charge is 2.59. The highest BCUT2D eigenvalue weighted by atomic mass is 19.2. The summed E-state index contributed by atoms with van der Waals surface area (Å²) in [5.41, 5.74) is 0.433. The number of anilines is 1. The Hall–Kier alpha value is -3.75. The second-order valence-electron chi connectivity index (χ2n) is 6.96. The summed E-state index contributed by atoms with van der Waals surface area (Å²) in [6.45, 7) is 0. The van der Waals surface area contributed by atoms with Gasteiger partial charge in [0.15, 0.2) is 11.6 Å². The van der Waals surface area contributed by atoms with E-state index in [-0.39, 0.29) is 18.1 Å². The van der Waals surface area contributed by atoms with Crippen LogP contribution in [0, 0.1) is 17.5 Å². The fourth-order valence-electron chi connectivity index (χ4n) is 3.55. The molecule has 2 N–H and O–H groups in total. The number of amides is 2. The van der Waals surface area contributed by atoms with Gasteiger partial charge in [0.05, 0.1) is 17.6 Å². The van der Waals surface area contributed by atoms with Crippen LogP contribution in [0.3, 0.4) is 0 Å². The number of carbonyl (C=O) groups is 1. The van der Waals surface area contributed by atoms with Gasteiger partial charge < -0.3 is 20.1 Å². The van der Waals surface area contributed by atoms with Crippen LogP contribution in [-0.4, -0.2) is 23.2 Å². The number of nitrogens with zero attached hydrogens (tertiary/aromatic N) is 1. The topological polar surface area (TPSA) is 72.5 Å². The van der Waals surface area contributed by atoms with Crippen molar-refractivity contribution in [3.05, 3.63) is 77.9 Å². The molecule has 2 amide bonds. The number of pyridine rings is 1. The minimum atomic E-state index is -1.33. The number of nitrogens with one attached hydrogen (secondary N) is 2. The molecule has 3 aromatic rings. The van der Waals surface area contributed by atoms with Crippen LogP contribution in [0.2, 0.25) is 0 Å². The molecule has 0 saturated heterocycles. The van der Waals surface area contributed by atoms with Gasteiger partial charge >= 0.3 is 6.03 Å². The fourth-order valence-corrected chi connectivity index (χ4v) is 3.55. The second-order valence-corrected chi connectivity index (χ2v) is 6.96. The fraction of sp³-hybridized carbons (Fsp3) is 0.143. The molecule has 1 aromatic heterocycles. The van der Waals surface area contributed by atoms with E-state index in [1.165, 1.54) is 0 Å². The van der Waals surface area contributed by atoms with Crippen molar-refractivity contribution in [2.24, 2.45) is 0 Å². The zero-order valence-electron chi connectivity index (χ0n) is 15.2. The third-order valence-electron chi connectivity index (χ3n) is 5.00. The average Bonchev–Trinajstić information content (AvgIpc) is 3.23. The summed E-state index contributed by atoms with van der Waals surface area (Å²) in [5.74, 6) is -1.78. The van der Waals surface area contributed by atoms with Crippen molar-refractivity contribution in [1.29, 1.82) is 0 Å². The van der Waals surface area contributed by atoms with E-state index in [0.29, 0.717) is 29.4 Å². The maximum absolute atomic E-state index is 13.7. The summed E-state index contributed by atoms with van der Waals surface area (Å²) in [6, 6.07) is 8.78. The predicted molar refractivity (Wildman–Crippen MR) is 100 cm³/mol. The van der Waals surface area contributed by atoms with Crippen molar-refractivity contribution in [3.8, 4) is 17.2 Å². The number of aromatic nitrogens is 1. The summed E-state index contributed by atoms with van der Waals surface area (Å²) < 4.78 is 51.6. The third kappa shape index (κ3) is 3.28. The Morgan fingerprint density at radius 2 is 1.73 bits per heavy atom. The van der Waals surface area contributed by atoms with E-state index < -0.39 is 29.2 Å². The molecular formula is C21H14F3N3O3. The standard InChI is InChI=1S/C21H14F3N3O3/c22-13-8-15(24)16(9-14(13)23)26-21(28)27-19-18-12-7-11(1-2-17(12)30-20(18)19)29-10-3-5-25-6-4-10/h1-9,18-20H,(H2,26,27,28)/t18-,19-,20-/m0/s1. The molecule has 2 heterocycles. The number of benzene rings is 2. The van der Waals surface area contributed by atoms with Gasteiger partial charge in [-0.2, -0.15) is 0 Å². The van der Waals surface area contributed by atoms with Crippen LogP contribution in [0.25, 0.3) is 0 Å². The molecule has 9 heteroatoms. The van der Waals surface area contributed by atoms with Crippen molar-refractivity contribution >= 4 is 11.7 Å². The normalized spacial score (nSPS) is 20.6. The largest absolute Gasteiger partial charge is 0.487 e. The van der Waals surface area contributed by atoms with Crippen molar-refractivity contribution in [3.63, 3.8) is 0 Å². The molecule has 2 aliphatic rings. The number of fused-ring (bicyclic) bond motifs is 3. The van der Waals surface area contributed by atoms with Crippen LogP contribution in [0.4, 0.5) is 23.7 Å². The number of ether oxygens (including phenoxy) is 2. The first-order chi connectivity index (χ1) is 14.5. The molecule has 1 aliphatic heterocycles. The van der Waals surface area contributed by atoms with Crippen molar-refractivity contribution in [2.75, 3.05) is 5.32 Å². The molecule has 30 heavy (non-hydrogen) atoms. The maximum atomic E-state index is 13.7. The van der Waals surface area contributed by atoms with Crippen molar-refractivity contribution < 1.29 is 27.4 Å². The Labute approximate surface area is 168 Å². The average molecular weight is 413 g/mol. The lowest BCUT2D eigenvalue weighted by molar-refractivity contribution is 0.246. The van der Waals surface area contributed by atoms with Crippen LogP contribution < -0.4 is 20.1 Å². The van der Waals surface area contributed by atoms with Crippen molar-refractivity contribution in [2.45, 2.75) is 18.1 Å². The lowest BCUT2D eigenvalue weighted by atomic mass is 10.1. The minimum absolute atomic E-state index is 0.0819. The molecular weight excluding hydrogens is 399 g/mol. The molecule has 6 nitrogen and oxygen atoms in total. The first kappa shape index (κ1) is 18.3. The van der Waals surface area contributed by atoms with E-state index in [1.807, 2.05) is 6.07 Å². The van der Waals surface area contributed by atoms with E-state index in [0.717, 1.165) is 5.56 Å². The number of rotatable bonds is 4. The van der Waals surface area contributed by atoms with E-state index in [4.69, 9.17) is 9.47 Å². The van der Waals surface area contributed by atoms with E-state index in [9.17, 15) is 18.0 Å². The Morgan fingerprint density at radius 3 is 2.53 bits per heavy atom. The smallest absolute Gasteiger partial charge is 0.319 e. The maximum Gasteiger partial charge on any atom is 0.319 e. The molecule has 0 radical (unpaired) electrons. The van der Waals surface area contributed by atoms with Gasteiger partial charge in [0, 0.05) is 30.1 Å². The predicted octanol–water partition coefficient (Wildman–Crippen LogP) is 4.34. The minimum Gasteiger partial charge on any atom is -0.487 e. The monoisotopic (exact) mass is 413 g/mol. The summed E-state index contributed by atoms with van der Waals surface area (Å²) in [6.07, 6.45) is 2.99. The number of halogens is 3.